The fraction of sp³-hybridized carbons (Fsp3) is 0.500. The van der Waals surface area contributed by atoms with Gasteiger partial charge in [0.25, 0.3) is 0 Å². The quantitative estimate of drug-likeness (QED) is 0.828. The first-order chi connectivity index (χ1) is 7.16. The Morgan fingerprint density at radius 3 is 3.13 bits per heavy atom. The van der Waals surface area contributed by atoms with E-state index < -0.39 is 0 Å². The predicted molar refractivity (Wildman–Crippen MR) is 62.2 cm³/mol. The number of aliphatic hydroxyl groups excluding tert-OH is 1. The molecule has 0 heterocycles. The first kappa shape index (κ1) is 10.9. The summed E-state index contributed by atoms with van der Waals surface area (Å²) in [5.74, 6) is 0. The van der Waals surface area contributed by atoms with Gasteiger partial charge in [-0.3, -0.25) is 0 Å². The van der Waals surface area contributed by atoms with Crippen molar-refractivity contribution in [2.24, 2.45) is 0 Å². The molecule has 0 saturated carbocycles. The highest BCUT2D eigenvalue weighted by atomic mass is 35.5. The van der Waals surface area contributed by atoms with Crippen LogP contribution in [-0.2, 0) is 6.42 Å². The highest BCUT2D eigenvalue weighted by Crippen LogP contribution is 2.32. The zero-order chi connectivity index (χ0) is 10.8. The van der Waals surface area contributed by atoms with Gasteiger partial charge in [-0.05, 0) is 43.0 Å². The summed E-state index contributed by atoms with van der Waals surface area (Å²) in [6.45, 7) is 2.44. The van der Waals surface area contributed by atoms with Crippen LogP contribution in [0.3, 0.4) is 0 Å². The molecule has 1 aromatic rings. The lowest BCUT2D eigenvalue weighted by atomic mass is 10.1. The van der Waals surface area contributed by atoms with Gasteiger partial charge in [-0.1, -0.05) is 17.7 Å². The Bertz CT molecular complexity index is 351. The van der Waals surface area contributed by atoms with Crippen LogP contribution in [0.5, 0.6) is 0 Å². The lowest BCUT2D eigenvalue weighted by Gasteiger charge is -2.15. The van der Waals surface area contributed by atoms with E-state index >= 15 is 0 Å². The summed E-state index contributed by atoms with van der Waals surface area (Å²) in [6.07, 6.45) is 1.89. The molecule has 0 amide bonds. The summed E-state index contributed by atoms with van der Waals surface area (Å²) in [5, 5.41) is 13.4. The minimum Gasteiger partial charge on any atom is -0.392 e. The van der Waals surface area contributed by atoms with E-state index in [1.54, 1.807) is 6.92 Å². The fourth-order valence-corrected chi connectivity index (χ4v) is 2.31. The van der Waals surface area contributed by atoms with Gasteiger partial charge in [-0.2, -0.15) is 0 Å². The van der Waals surface area contributed by atoms with E-state index in [0.29, 0.717) is 12.6 Å². The Kier molecular flexibility index (Phi) is 3.29. The molecule has 0 bridgehead atoms. The van der Waals surface area contributed by atoms with Crippen LogP contribution in [-0.4, -0.2) is 17.8 Å². The molecule has 0 fully saturated rings. The first-order valence-electron chi connectivity index (χ1n) is 5.36. The van der Waals surface area contributed by atoms with Crippen LogP contribution < -0.4 is 5.32 Å². The number of hydrogen-bond donors (Lipinski definition) is 2. The van der Waals surface area contributed by atoms with Crippen LogP contribution in [0.2, 0.25) is 5.02 Å². The maximum Gasteiger partial charge on any atom is 0.0636 e. The van der Waals surface area contributed by atoms with Crippen LogP contribution in [0.15, 0.2) is 18.2 Å². The predicted octanol–water partition coefficient (Wildman–Crippen LogP) is 2.30. The third-order valence-corrected chi connectivity index (χ3v) is 3.08. The van der Waals surface area contributed by atoms with Crippen LogP contribution >= 0.6 is 11.6 Å². The number of hydrogen-bond acceptors (Lipinski definition) is 2. The van der Waals surface area contributed by atoms with Crippen molar-refractivity contribution >= 4 is 11.6 Å². The van der Waals surface area contributed by atoms with Crippen molar-refractivity contribution in [2.45, 2.75) is 31.9 Å². The van der Waals surface area contributed by atoms with Gasteiger partial charge in [0.2, 0.25) is 0 Å². The highest BCUT2D eigenvalue weighted by Gasteiger charge is 2.21. The molecule has 2 atom stereocenters. The van der Waals surface area contributed by atoms with Gasteiger partial charge in [0, 0.05) is 17.6 Å². The summed E-state index contributed by atoms with van der Waals surface area (Å²) >= 11 is 5.94. The van der Waals surface area contributed by atoms with Crippen molar-refractivity contribution < 1.29 is 5.11 Å². The molecule has 1 unspecified atom stereocenters. The number of halogens is 1. The van der Waals surface area contributed by atoms with E-state index in [2.05, 4.69) is 11.4 Å². The summed E-state index contributed by atoms with van der Waals surface area (Å²) in [4.78, 5) is 0. The van der Waals surface area contributed by atoms with Gasteiger partial charge in [0.15, 0.2) is 0 Å². The monoisotopic (exact) mass is 225 g/mol. The van der Waals surface area contributed by atoms with E-state index in [9.17, 15) is 5.11 Å². The molecule has 0 aliphatic heterocycles. The second-order valence-electron chi connectivity index (χ2n) is 4.19. The van der Waals surface area contributed by atoms with Crippen molar-refractivity contribution in [3.63, 3.8) is 0 Å². The van der Waals surface area contributed by atoms with Crippen molar-refractivity contribution in [2.75, 3.05) is 6.54 Å². The SMILES string of the molecule is C[C@@H](O)CNC1CCc2cc(Cl)ccc21. The van der Waals surface area contributed by atoms with Gasteiger partial charge < -0.3 is 10.4 Å². The second-order valence-corrected chi connectivity index (χ2v) is 4.63. The van der Waals surface area contributed by atoms with Gasteiger partial charge in [-0.15, -0.1) is 0 Å². The van der Waals surface area contributed by atoms with Crippen molar-refractivity contribution in [1.29, 1.82) is 0 Å². The second kappa shape index (κ2) is 4.52. The molecule has 0 saturated heterocycles. The number of aliphatic hydroxyl groups is 1. The van der Waals surface area contributed by atoms with E-state index in [0.717, 1.165) is 17.9 Å². The zero-order valence-electron chi connectivity index (χ0n) is 8.83. The molecule has 1 aliphatic rings. The Labute approximate surface area is 95.3 Å². The zero-order valence-corrected chi connectivity index (χ0v) is 9.59. The molecule has 15 heavy (non-hydrogen) atoms. The number of aryl methyl sites for hydroxylation is 1. The third-order valence-electron chi connectivity index (χ3n) is 2.84. The van der Waals surface area contributed by atoms with Crippen LogP contribution in [0.1, 0.15) is 30.5 Å². The summed E-state index contributed by atoms with van der Waals surface area (Å²) in [7, 11) is 0. The minimum atomic E-state index is -0.290. The molecule has 0 radical (unpaired) electrons. The Morgan fingerprint density at radius 2 is 2.40 bits per heavy atom. The van der Waals surface area contributed by atoms with Crippen LogP contribution in [0.4, 0.5) is 0 Å². The van der Waals surface area contributed by atoms with Gasteiger partial charge >= 0.3 is 0 Å². The maximum atomic E-state index is 9.22. The smallest absolute Gasteiger partial charge is 0.0636 e. The van der Waals surface area contributed by atoms with Crippen LogP contribution in [0.25, 0.3) is 0 Å². The molecular weight excluding hydrogens is 210 g/mol. The molecule has 2 rings (SSSR count). The van der Waals surface area contributed by atoms with Crippen LogP contribution in [0, 0.1) is 0 Å². The van der Waals surface area contributed by atoms with Crippen molar-refractivity contribution in [1.82, 2.24) is 5.32 Å². The Morgan fingerprint density at radius 1 is 1.60 bits per heavy atom. The first-order valence-corrected chi connectivity index (χ1v) is 5.74. The standard InChI is InChI=1S/C12H16ClNO/c1-8(15)7-14-12-5-2-9-6-10(13)3-4-11(9)12/h3-4,6,8,12,14-15H,2,5,7H2,1H3/t8-,12?/m1/s1. The average Bonchev–Trinajstić information content (AvgIpc) is 2.57. The van der Waals surface area contributed by atoms with E-state index in [-0.39, 0.29) is 6.10 Å². The van der Waals surface area contributed by atoms with Gasteiger partial charge in [0.05, 0.1) is 6.10 Å². The number of nitrogens with one attached hydrogen (secondary N) is 1. The topological polar surface area (TPSA) is 32.3 Å². The summed E-state index contributed by atoms with van der Waals surface area (Å²) < 4.78 is 0. The summed E-state index contributed by atoms with van der Waals surface area (Å²) in [5.41, 5.74) is 2.67. The van der Waals surface area contributed by atoms with E-state index in [4.69, 9.17) is 11.6 Å². The normalized spacial score (nSPS) is 21.4. The Hall–Kier alpha value is -0.570. The Balaban J connectivity index is 2.08. The lowest BCUT2D eigenvalue weighted by Crippen LogP contribution is -2.27. The highest BCUT2D eigenvalue weighted by molar-refractivity contribution is 6.30. The average molecular weight is 226 g/mol. The minimum absolute atomic E-state index is 0.290. The van der Waals surface area contributed by atoms with Gasteiger partial charge in [0.1, 0.15) is 0 Å². The van der Waals surface area contributed by atoms with Crippen molar-refractivity contribution in [3.8, 4) is 0 Å². The summed E-state index contributed by atoms with van der Waals surface area (Å²) in [6, 6.07) is 6.44. The molecule has 1 aromatic carbocycles. The number of rotatable bonds is 3. The van der Waals surface area contributed by atoms with Crippen molar-refractivity contribution in [3.05, 3.63) is 34.3 Å². The molecule has 2 N–H and O–H groups in total. The molecule has 0 aromatic heterocycles. The molecule has 2 nitrogen and oxygen atoms in total. The number of fused-ring (bicyclic) bond motifs is 1. The lowest BCUT2D eigenvalue weighted by molar-refractivity contribution is 0.186. The fourth-order valence-electron chi connectivity index (χ4n) is 2.11. The molecular formula is C12H16ClNO. The maximum absolute atomic E-state index is 9.22. The van der Waals surface area contributed by atoms with E-state index in [1.165, 1.54) is 11.1 Å². The number of benzene rings is 1. The molecule has 0 spiro atoms. The molecule has 3 heteroatoms. The largest absolute Gasteiger partial charge is 0.392 e. The third kappa shape index (κ3) is 2.51. The van der Waals surface area contributed by atoms with E-state index in [1.807, 2.05) is 12.1 Å². The molecule has 1 aliphatic carbocycles. The molecule has 82 valence electrons. The van der Waals surface area contributed by atoms with Gasteiger partial charge in [-0.25, -0.2) is 0 Å².